The summed E-state index contributed by atoms with van der Waals surface area (Å²) in [6.07, 6.45) is -1.39. The zero-order chi connectivity index (χ0) is 13.4. The highest BCUT2D eigenvalue weighted by molar-refractivity contribution is 4.97. The Kier molecular flexibility index (Phi) is 3.93. The maximum Gasteiger partial charge on any atom is 0.393 e. The molecule has 2 fully saturated rings. The zero-order valence-corrected chi connectivity index (χ0v) is 11.1. The summed E-state index contributed by atoms with van der Waals surface area (Å²) in [5.41, 5.74) is 0.144. The molecule has 0 amide bonds. The highest BCUT2D eigenvalue weighted by Gasteiger charge is 2.48. The van der Waals surface area contributed by atoms with E-state index in [-0.39, 0.29) is 24.5 Å². The summed E-state index contributed by atoms with van der Waals surface area (Å²) in [4.78, 5) is 1.97. The molecule has 106 valence electrons. The monoisotopic (exact) mass is 265 g/mol. The van der Waals surface area contributed by atoms with Crippen molar-refractivity contribution in [2.24, 2.45) is 11.3 Å². The Labute approximate surface area is 106 Å². The molecule has 1 saturated heterocycles. The van der Waals surface area contributed by atoms with Gasteiger partial charge in [-0.15, -0.1) is 0 Å². The van der Waals surface area contributed by atoms with Crippen LogP contribution in [0, 0.1) is 11.3 Å². The average molecular weight is 265 g/mol. The van der Waals surface area contributed by atoms with Gasteiger partial charge in [0.05, 0.1) is 18.6 Å². The van der Waals surface area contributed by atoms with Crippen molar-refractivity contribution in [1.29, 1.82) is 0 Å². The lowest BCUT2D eigenvalue weighted by atomic mass is 10.1. The third kappa shape index (κ3) is 3.60. The van der Waals surface area contributed by atoms with Gasteiger partial charge in [0.25, 0.3) is 0 Å². The Balaban J connectivity index is 1.78. The molecule has 1 unspecified atom stereocenters. The van der Waals surface area contributed by atoms with Crippen LogP contribution in [0.15, 0.2) is 0 Å². The van der Waals surface area contributed by atoms with Gasteiger partial charge in [-0.2, -0.15) is 13.2 Å². The van der Waals surface area contributed by atoms with E-state index in [2.05, 4.69) is 0 Å². The molecular weight excluding hydrogens is 243 g/mol. The van der Waals surface area contributed by atoms with E-state index in [0.29, 0.717) is 13.2 Å². The van der Waals surface area contributed by atoms with Gasteiger partial charge >= 0.3 is 6.18 Å². The molecule has 0 aromatic heterocycles. The van der Waals surface area contributed by atoms with Gasteiger partial charge in [-0.3, -0.25) is 0 Å². The normalized spacial score (nSPS) is 28.0. The molecule has 2 rings (SSSR count). The summed E-state index contributed by atoms with van der Waals surface area (Å²) in [5.74, 6) is -1.13. The third-order valence-corrected chi connectivity index (χ3v) is 3.97. The summed E-state index contributed by atoms with van der Waals surface area (Å²) >= 11 is 0. The smallest absolute Gasteiger partial charge is 0.378 e. The number of alkyl halides is 3. The SMILES string of the molecule is CC(C)OCC1(CN2CCC(C(F)(F)F)C2)CC1. The van der Waals surface area contributed by atoms with Crippen LogP contribution in [0.4, 0.5) is 13.2 Å². The fourth-order valence-electron chi connectivity index (χ4n) is 2.59. The standard InChI is InChI=1S/C13H22F3NO/c1-10(2)18-9-12(4-5-12)8-17-6-3-11(7-17)13(14,15)16/h10-11H,3-9H2,1-2H3. The number of rotatable bonds is 5. The second-order valence-corrected chi connectivity index (χ2v) is 6.12. The fourth-order valence-corrected chi connectivity index (χ4v) is 2.59. The molecule has 1 heterocycles. The molecule has 1 saturated carbocycles. The lowest BCUT2D eigenvalue weighted by molar-refractivity contribution is -0.170. The predicted molar refractivity (Wildman–Crippen MR) is 63.4 cm³/mol. The van der Waals surface area contributed by atoms with Gasteiger partial charge in [0.1, 0.15) is 0 Å². The largest absolute Gasteiger partial charge is 0.393 e. The molecule has 18 heavy (non-hydrogen) atoms. The Bertz CT molecular complexity index is 286. The van der Waals surface area contributed by atoms with Gasteiger partial charge in [0.15, 0.2) is 0 Å². The molecule has 1 atom stereocenters. The highest BCUT2D eigenvalue weighted by Crippen LogP contribution is 2.47. The van der Waals surface area contributed by atoms with E-state index in [0.717, 1.165) is 19.4 Å². The van der Waals surface area contributed by atoms with Crippen molar-refractivity contribution in [3.8, 4) is 0 Å². The lowest BCUT2D eigenvalue weighted by Gasteiger charge is -2.24. The average Bonchev–Trinajstić information content (AvgIpc) is 2.82. The Hall–Kier alpha value is -0.290. The molecule has 1 aliphatic heterocycles. The highest BCUT2D eigenvalue weighted by atomic mass is 19.4. The summed E-state index contributed by atoms with van der Waals surface area (Å²) in [6.45, 7) is 6.20. The first-order chi connectivity index (χ1) is 8.31. The van der Waals surface area contributed by atoms with E-state index < -0.39 is 12.1 Å². The molecule has 0 spiro atoms. The quantitative estimate of drug-likeness (QED) is 0.757. The van der Waals surface area contributed by atoms with Crippen LogP contribution >= 0.6 is 0 Å². The number of hydrogen-bond donors (Lipinski definition) is 0. The first-order valence-electron chi connectivity index (χ1n) is 6.71. The van der Waals surface area contributed by atoms with Crippen molar-refractivity contribution in [3.63, 3.8) is 0 Å². The molecule has 0 radical (unpaired) electrons. The second kappa shape index (κ2) is 5.00. The van der Waals surface area contributed by atoms with E-state index in [1.807, 2.05) is 18.7 Å². The molecule has 0 aromatic rings. The van der Waals surface area contributed by atoms with Crippen molar-refractivity contribution in [2.45, 2.75) is 45.4 Å². The number of likely N-dealkylation sites (tertiary alicyclic amines) is 1. The minimum Gasteiger partial charge on any atom is -0.378 e. The minimum atomic E-state index is -4.03. The molecular formula is C13H22F3NO. The van der Waals surface area contributed by atoms with E-state index in [1.165, 1.54) is 0 Å². The van der Waals surface area contributed by atoms with Gasteiger partial charge < -0.3 is 9.64 Å². The number of hydrogen-bond acceptors (Lipinski definition) is 2. The molecule has 1 aliphatic carbocycles. The van der Waals surface area contributed by atoms with Gasteiger partial charge in [-0.05, 0) is 39.7 Å². The van der Waals surface area contributed by atoms with Crippen LogP contribution in [0.5, 0.6) is 0 Å². The van der Waals surface area contributed by atoms with Crippen LogP contribution in [-0.2, 0) is 4.74 Å². The molecule has 0 bridgehead atoms. The van der Waals surface area contributed by atoms with Crippen LogP contribution in [0.25, 0.3) is 0 Å². The molecule has 5 heteroatoms. The number of ether oxygens (including phenoxy) is 1. The van der Waals surface area contributed by atoms with E-state index in [4.69, 9.17) is 4.74 Å². The van der Waals surface area contributed by atoms with E-state index in [1.54, 1.807) is 0 Å². The van der Waals surface area contributed by atoms with Crippen LogP contribution < -0.4 is 0 Å². The summed E-state index contributed by atoms with van der Waals surface area (Å²) in [6, 6.07) is 0. The number of nitrogens with zero attached hydrogens (tertiary/aromatic N) is 1. The van der Waals surface area contributed by atoms with Crippen LogP contribution in [0.3, 0.4) is 0 Å². The van der Waals surface area contributed by atoms with Crippen LogP contribution in [0.2, 0.25) is 0 Å². The summed E-state index contributed by atoms with van der Waals surface area (Å²) < 4.78 is 43.4. The Morgan fingerprint density at radius 1 is 1.33 bits per heavy atom. The van der Waals surface area contributed by atoms with Gasteiger partial charge in [-0.25, -0.2) is 0 Å². The summed E-state index contributed by atoms with van der Waals surface area (Å²) in [7, 11) is 0. The van der Waals surface area contributed by atoms with Crippen molar-refractivity contribution >= 4 is 0 Å². The van der Waals surface area contributed by atoms with Crippen LogP contribution in [0.1, 0.15) is 33.1 Å². The van der Waals surface area contributed by atoms with Gasteiger partial charge in [-0.1, -0.05) is 0 Å². The third-order valence-electron chi connectivity index (χ3n) is 3.97. The first-order valence-corrected chi connectivity index (χ1v) is 6.71. The molecule has 2 aliphatic rings. The predicted octanol–water partition coefficient (Wildman–Crippen LogP) is 3.08. The van der Waals surface area contributed by atoms with Crippen LogP contribution in [-0.4, -0.2) is 43.4 Å². The second-order valence-electron chi connectivity index (χ2n) is 6.12. The Morgan fingerprint density at radius 3 is 2.44 bits per heavy atom. The minimum absolute atomic E-state index is 0.144. The van der Waals surface area contributed by atoms with Crippen molar-refractivity contribution in [1.82, 2.24) is 4.90 Å². The summed E-state index contributed by atoms with van der Waals surface area (Å²) in [5, 5.41) is 0. The lowest BCUT2D eigenvalue weighted by Crippen LogP contribution is -2.33. The van der Waals surface area contributed by atoms with E-state index in [9.17, 15) is 13.2 Å². The van der Waals surface area contributed by atoms with E-state index >= 15 is 0 Å². The topological polar surface area (TPSA) is 12.5 Å². The van der Waals surface area contributed by atoms with Gasteiger partial charge in [0, 0.05) is 18.5 Å². The maximum absolute atomic E-state index is 12.6. The zero-order valence-electron chi connectivity index (χ0n) is 11.1. The molecule has 0 aromatic carbocycles. The molecule has 0 N–H and O–H groups in total. The van der Waals surface area contributed by atoms with Crippen molar-refractivity contribution < 1.29 is 17.9 Å². The Morgan fingerprint density at radius 2 is 2.00 bits per heavy atom. The van der Waals surface area contributed by atoms with Crippen molar-refractivity contribution in [2.75, 3.05) is 26.2 Å². The number of halogens is 3. The fraction of sp³-hybridized carbons (Fsp3) is 1.00. The first kappa shape index (κ1) is 14.1. The molecule has 2 nitrogen and oxygen atoms in total. The maximum atomic E-state index is 12.6. The van der Waals surface area contributed by atoms with Gasteiger partial charge in [0.2, 0.25) is 0 Å². The van der Waals surface area contributed by atoms with Crippen molar-refractivity contribution in [3.05, 3.63) is 0 Å².